The molecule has 0 N–H and O–H groups in total. The van der Waals surface area contributed by atoms with E-state index in [1.165, 1.54) is 0 Å². The summed E-state index contributed by atoms with van der Waals surface area (Å²) < 4.78 is 10.8. The lowest BCUT2D eigenvalue weighted by molar-refractivity contribution is -0.146. The maximum atomic E-state index is 11.9. The Morgan fingerprint density at radius 3 is 1.47 bits per heavy atom. The van der Waals surface area contributed by atoms with Gasteiger partial charge in [-0.15, -0.1) is 0 Å². The van der Waals surface area contributed by atoms with Gasteiger partial charge < -0.3 is 19.3 Å². The molecule has 0 bridgehead atoms. The molecule has 0 radical (unpaired) electrons. The number of ether oxygens (including phenoxy) is 2. The SMILES string of the molecule is CN(C)CCCC(=O)OCc1cccc(-c2cccc(COC(=O)CCCN(C)C)c2)c1. The fraction of sp³-hybridized carbons (Fsp3) is 0.462. The van der Waals surface area contributed by atoms with Gasteiger partial charge in [0.1, 0.15) is 13.2 Å². The zero-order chi connectivity index (χ0) is 23.3. The van der Waals surface area contributed by atoms with Crippen molar-refractivity contribution in [3.63, 3.8) is 0 Å². The minimum absolute atomic E-state index is 0.174. The molecule has 0 fully saturated rings. The predicted octanol–water partition coefficient (Wildman–Crippen LogP) is 4.12. The predicted molar refractivity (Wildman–Crippen MR) is 127 cm³/mol. The molecule has 2 aromatic rings. The quantitative estimate of drug-likeness (QED) is 0.437. The molecular formula is C26H36N2O4. The van der Waals surface area contributed by atoms with Crippen molar-refractivity contribution >= 4 is 11.9 Å². The number of rotatable bonds is 13. The first-order chi connectivity index (χ1) is 15.3. The summed E-state index contributed by atoms with van der Waals surface area (Å²) in [5, 5.41) is 0. The maximum absolute atomic E-state index is 11.9. The van der Waals surface area contributed by atoms with E-state index in [-0.39, 0.29) is 25.2 Å². The van der Waals surface area contributed by atoms with Gasteiger partial charge in [-0.2, -0.15) is 0 Å². The van der Waals surface area contributed by atoms with Crippen molar-refractivity contribution in [1.29, 1.82) is 0 Å². The van der Waals surface area contributed by atoms with E-state index in [4.69, 9.17) is 9.47 Å². The Labute approximate surface area is 192 Å². The molecule has 0 heterocycles. The van der Waals surface area contributed by atoms with Crippen LogP contribution in [0.15, 0.2) is 48.5 Å². The molecule has 0 atom stereocenters. The Morgan fingerprint density at radius 1 is 0.688 bits per heavy atom. The van der Waals surface area contributed by atoms with Crippen molar-refractivity contribution in [3.05, 3.63) is 59.7 Å². The first-order valence-electron chi connectivity index (χ1n) is 11.1. The van der Waals surface area contributed by atoms with Crippen molar-refractivity contribution in [2.45, 2.75) is 38.9 Å². The van der Waals surface area contributed by atoms with Gasteiger partial charge in [-0.1, -0.05) is 36.4 Å². The zero-order valence-electron chi connectivity index (χ0n) is 19.8. The Bertz CT molecular complexity index is 793. The molecule has 0 aliphatic rings. The van der Waals surface area contributed by atoms with Crippen molar-refractivity contribution in [2.75, 3.05) is 41.3 Å². The lowest BCUT2D eigenvalue weighted by atomic mass is 10.0. The van der Waals surface area contributed by atoms with Crippen LogP contribution in [0.25, 0.3) is 11.1 Å². The number of carbonyl (C=O) groups excluding carboxylic acids is 2. The molecule has 174 valence electrons. The summed E-state index contributed by atoms with van der Waals surface area (Å²) in [6, 6.07) is 15.9. The molecule has 0 spiro atoms. The molecule has 0 aliphatic carbocycles. The molecule has 2 rings (SSSR count). The summed E-state index contributed by atoms with van der Waals surface area (Å²) in [4.78, 5) is 28.0. The maximum Gasteiger partial charge on any atom is 0.306 e. The highest BCUT2D eigenvalue weighted by Gasteiger charge is 2.07. The second-order valence-electron chi connectivity index (χ2n) is 8.54. The van der Waals surface area contributed by atoms with Gasteiger partial charge >= 0.3 is 11.9 Å². The molecule has 2 aromatic carbocycles. The third-order valence-corrected chi connectivity index (χ3v) is 4.96. The van der Waals surface area contributed by atoms with E-state index in [0.717, 1.165) is 48.2 Å². The van der Waals surface area contributed by atoms with Crippen LogP contribution in [-0.2, 0) is 32.3 Å². The number of hydrogen-bond acceptors (Lipinski definition) is 6. The van der Waals surface area contributed by atoms with E-state index >= 15 is 0 Å². The van der Waals surface area contributed by atoms with Crippen LogP contribution in [0.4, 0.5) is 0 Å². The number of carbonyl (C=O) groups is 2. The molecule has 32 heavy (non-hydrogen) atoms. The molecule has 0 unspecified atom stereocenters. The summed E-state index contributed by atoms with van der Waals surface area (Å²) >= 11 is 0. The van der Waals surface area contributed by atoms with Crippen LogP contribution in [0.1, 0.15) is 36.8 Å². The molecule has 0 aromatic heterocycles. The van der Waals surface area contributed by atoms with Crippen molar-refractivity contribution in [2.24, 2.45) is 0 Å². The molecule has 6 heteroatoms. The summed E-state index contributed by atoms with van der Waals surface area (Å²) in [6.45, 7) is 2.26. The highest BCUT2D eigenvalue weighted by Crippen LogP contribution is 2.22. The highest BCUT2D eigenvalue weighted by molar-refractivity contribution is 5.70. The Balaban J connectivity index is 1.88. The first-order valence-corrected chi connectivity index (χ1v) is 11.1. The van der Waals surface area contributed by atoms with Crippen molar-refractivity contribution < 1.29 is 19.1 Å². The lowest BCUT2D eigenvalue weighted by Crippen LogP contribution is -2.15. The van der Waals surface area contributed by atoms with E-state index in [9.17, 15) is 9.59 Å². The summed E-state index contributed by atoms with van der Waals surface area (Å²) in [5.74, 6) is -0.349. The third-order valence-electron chi connectivity index (χ3n) is 4.96. The minimum atomic E-state index is -0.174. The Kier molecular flexibility index (Phi) is 10.9. The Hall–Kier alpha value is -2.70. The Morgan fingerprint density at radius 2 is 1.09 bits per heavy atom. The van der Waals surface area contributed by atoms with Gasteiger partial charge in [0.05, 0.1) is 0 Å². The molecule has 0 saturated heterocycles. The van der Waals surface area contributed by atoms with E-state index in [1.807, 2.05) is 76.7 Å². The van der Waals surface area contributed by atoms with Gasteiger partial charge in [0.25, 0.3) is 0 Å². The normalized spacial score (nSPS) is 11.1. The van der Waals surface area contributed by atoms with Crippen LogP contribution in [-0.4, -0.2) is 63.0 Å². The molecule has 0 amide bonds. The van der Waals surface area contributed by atoms with Gasteiger partial charge in [0.15, 0.2) is 0 Å². The first kappa shape index (κ1) is 25.6. The summed E-state index contributed by atoms with van der Waals surface area (Å²) in [7, 11) is 7.95. The van der Waals surface area contributed by atoms with Gasteiger partial charge in [-0.3, -0.25) is 9.59 Å². The molecule has 6 nitrogen and oxygen atoms in total. The second kappa shape index (κ2) is 13.7. The fourth-order valence-corrected chi connectivity index (χ4v) is 3.23. The average Bonchev–Trinajstić information content (AvgIpc) is 2.76. The van der Waals surface area contributed by atoms with E-state index in [0.29, 0.717) is 12.8 Å². The fourth-order valence-electron chi connectivity index (χ4n) is 3.23. The topological polar surface area (TPSA) is 59.1 Å². The molecule has 0 aliphatic heterocycles. The largest absolute Gasteiger partial charge is 0.461 e. The van der Waals surface area contributed by atoms with Crippen LogP contribution in [0.3, 0.4) is 0 Å². The van der Waals surface area contributed by atoms with Crippen LogP contribution in [0.2, 0.25) is 0 Å². The monoisotopic (exact) mass is 440 g/mol. The molecular weight excluding hydrogens is 404 g/mol. The number of esters is 2. The van der Waals surface area contributed by atoms with E-state index in [2.05, 4.69) is 9.80 Å². The molecule has 0 saturated carbocycles. The van der Waals surface area contributed by atoms with Crippen LogP contribution in [0, 0.1) is 0 Å². The standard InChI is InChI=1S/C26H36N2O4/c1-27(2)15-7-13-25(29)31-19-21-9-5-11-23(17-21)24-12-6-10-22(18-24)20-32-26(30)14-8-16-28(3)4/h5-6,9-12,17-18H,7-8,13-16,19-20H2,1-4H3. The van der Waals surface area contributed by atoms with Gasteiger partial charge in [-0.05, 0) is 88.5 Å². The average molecular weight is 441 g/mol. The number of benzene rings is 2. The minimum Gasteiger partial charge on any atom is -0.461 e. The van der Waals surface area contributed by atoms with Gasteiger partial charge in [0.2, 0.25) is 0 Å². The summed E-state index contributed by atoms with van der Waals surface area (Å²) in [6.07, 6.45) is 2.43. The van der Waals surface area contributed by atoms with Crippen LogP contribution >= 0.6 is 0 Å². The van der Waals surface area contributed by atoms with Gasteiger partial charge in [-0.25, -0.2) is 0 Å². The second-order valence-corrected chi connectivity index (χ2v) is 8.54. The smallest absolute Gasteiger partial charge is 0.306 e. The summed E-state index contributed by atoms with van der Waals surface area (Å²) in [5.41, 5.74) is 3.96. The van der Waals surface area contributed by atoms with E-state index in [1.54, 1.807) is 0 Å². The zero-order valence-corrected chi connectivity index (χ0v) is 19.8. The van der Waals surface area contributed by atoms with E-state index < -0.39 is 0 Å². The van der Waals surface area contributed by atoms with Crippen molar-refractivity contribution in [1.82, 2.24) is 9.80 Å². The highest BCUT2D eigenvalue weighted by atomic mass is 16.5. The van der Waals surface area contributed by atoms with Crippen molar-refractivity contribution in [3.8, 4) is 11.1 Å². The lowest BCUT2D eigenvalue weighted by Gasteiger charge is -2.11. The van der Waals surface area contributed by atoms with Crippen LogP contribution < -0.4 is 0 Å². The van der Waals surface area contributed by atoms with Gasteiger partial charge in [0, 0.05) is 12.8 Å². The number of nitrogens with zero attached hydrogens (tertiary/aromatic N) is 2. The number of hydrogen-bond donors (Lipinski definition) is 0. The third kappa shape index (κ3) is 10.1. The van der Waals surface area contributed by atoms with Crippen LogP contribution in [0.5, 0.6) is 0 Å².